The van der Waals surface area contributed by atoms with Gasteiger partial charge in [0.15, 0.2) is 6.10 Å². The summed E-state index contributed by atoms with van der Waals surface area (Å²) >= 11 is 0. The lowest BCUT2D eigenvalue weighted by Gasteiger charge is -2.45. The Morgan fingerprint density at radius 1 is 0.690 bits per heavy atom. The Labute approximate surface area is 253 Å². The van der Waals surface area contributed by atoms with Gasteiger partial charge in [0.2, 0.25) is 0 Å². The van der Waals surface area contributed by atoms with Crippen molar-refractivity contribution in [2.24, 2.45) is 0 Å². The maximum atomic E-state index is 13.0. The summed E-state index contributed by atoms with van der Waals surface area (Å²) in [6.07, 6.45) is 18.7. The Bertz CT molecular complexity index is 902. The molecule has 0 bridgehead atoms. The molecule has 236 valence electrons. The summed E-state index contributed by atoms with van der Waals surface area (Å²) in [5.41, 5.74) is 1.10. The number of benzene rings is 1. The number of esters is 2. The summed E-state index contributed by atoms with van der Waals surface area (Å²) in [4.78, 5) is 25.6. The number of ether oxygens (including phenoxy) is 5. The number of carbonyl (C=O) groups is 2. The van der Waals surface area contributed by atoms with Gasteiger partial charge in [0.25, 0.3) is 0 Å². The van der Waals surface area contributed by atoms with E-state index in [1.807, 2.05) is 30.3 Å². The van der Waals surface area contributed by atoms with Gasteiger partial charge in [0.1, 0.15) is 24.9 Å². The Kier molecular flexibility index (Phi) is 16.8. The average molecular weight is 587 g/mol. The molecule has 42 heavy (non-hydrogen) atoms. The van der Waals surface area contributed by atoms with Crippen molar-refractivity contribution in [2.75, 3.05) is 20.8 Å². The first-order valence-electron chi connectivity index (χ1n) is 16.4. The Morgan fingerprint density at radius 3 is 1.83 bits per heavy atom. The first-order chi connectivity index (χ1) is 20.6. The van der Waals surface area contributed by atoms with Gasteiger partial charge < -0.3 is 23.7 Å². The summed E-state index contributed by atoms with van der Waals surface area (Å²) in [6, 6.07) is 10.1. The van der Waals surface area contributed by atoms with Crippen LogP contribution in [0.4, 0.5) is 0 Å². The van der Waals surface area contributed by atoms with E-state index in [4.69, 9.17) is 23.7 Å². The molecule has 2 aliphatic heterocycles. The van der Waals surface area contributed by atoms with Gasteiger partial charge in [-0.1, -0.05) is 93.9 Å². The molecule has 0 radical (unpaired) electrons. The molecule has 2 aliphatic rings. The molecular formula is C35H54O7. The number of hydrogen-bond donors (Lipinski definition) is 0. The molecule has 0 N–H and O–H groups in total. The predicted molar refractivity (Wildman–Crippen MR) is 164 cm³/mol. The lowest BCUT2D eigenvalue weighted by atomic mass is 9.91. The summed E-state index contributed by atoms with van der Waals surface area (Å²) in [7, 11) is 3.22. The van der Waals surface area contributed by atoms with Gasteiger partial charge in [-0.15, -0.1) is 0 Å². The molecule has 0 saturated carbocycles. The zero-order valence-electron chi connectivity index (χ0n) is 26.0. The Hall–Kier alpha value is -2.22. The summed E-state index contributed by atoms with van der Waals surface area (Å²) in [6.45, 7) is 0.00584. The van der Waals surface area contributed by atoms with Gasteiger partial charge in [0, 0.05) is 33.5 Å². The van der Waals surface area contributed by atoms with Crippen LogP contribution in [-0.2, 0) is 39.7 Å². The van der Waals surface area contributed by atoms with E-state index in [1.165, 1.54) is 38.5 Å². The predicted octanol–water partition coefficient (Wildman–Crippen LogP) is 7.29. The Balaban J connectivity index is 1.65. The van der Waals surface area contributed by atoms with Crippen molar-refractivity contribution in [3.05, 3.63) is 48.0 Å². The minimum Gasteiger partial charge on any atom is -0.463 e. The molecule has 0 unspecified atom stereocenters. The molecule has 0 aliphatic carbocycles. The van der Waals surface area contributed by atoms with E-state index in [0.29, 0.717) is 19.3 Å². The lowest BCUT2D eigenvalue weighted by Crippen LogP contribution is -2.61. The van der Waals surface area contributed by atoms with Gasteiger partial charge >= 0.3 is 11.9 Å². The molecule has 3 rings (SSSR count). The van der Waals surface area contributed by atoms with Gasteiger partial charge in [0.05, 0.1) is 6.10 Å². The molecule has 7 heteroatoms. The third kappa shape index (κ3) is 12.6. The van der Waals surface area contributed by atoms with E-state index in [-0.39, 0.29) is 24.6 Å². The highest BCUT2D eigenvalue weighted by molar-refractivity contribution is 5.70. The molecule has 1 saturated heterocycles. The third-order valence-electron chi connectivity index (χ3n) is 8.40. The van der Waals surface area contributed by atoms with Crippen LogP contribution >= 0.6 is 0 Å². The van der Waals surface area contributed by atoms with E-state index in [0.717, 1.165) is 56.9 Å². The zero-order chi connectivity index (χ0) is 29.8. The number of hydrogen-bond acceptors (Lipinski definition) is 7. The molecule has 0 aromatic heterocycles. The van der Waals surface area contributed by atoms with E-state index < -0.39 is 24.4 Å². The van der Waals surface area contributed by atoms with Crippen LogP contribution in [0.15, 0.2) is 42.5 Å². The molecule has 2 heterocycles. The quantitative estimate of drug-likeness (QED) is 0.271. The molecule has 0 spiro atoms. The van der Waals surface area contributed by atoms with E-state index in [1.54, 1.807) is 14.2 Å². The highest BCUT2D eigenvalue weighted by atomic mass is 16.6. The van der Waals surface area contributed by atoms with Crippen LogP contribution in [0, 0.1) is 0 Å². The lowest BCUT2D eigenvalue weighted by molar-refractivity contribution is -0.251. The van der Waals surface area contributed by atoms with Crippen molar-refractivity contribution in [1.82, 2.24) is 0 Å². The molecule has 1 aromatic carbocycles. The van der Waals surface area contributed by atoms with Crippen LogP contribution in [0.5, 0.6) is 0 Å². The van der Waals surface area contributed by atoms with Crippen molar-refractivity contribution in [3.8, 4) is 0 Å². The molecule has 0 amide bonds. The van der Waals surface area contributed by atoms with Crippen LogP contribution in [0.1, 0.15) is 108 Å². The summed E-state index contributed by atoms with van der Waals surface area (Å²) < 4.78 is 29.9. The molecule has 7 nitrogen and oxygen atoms in total. The van der Waals surface area contributed by atoms with E-state index in [9.17, 15) is 9.59 Å². The van der Waals surface area contributed by atoms with Crippen molar-refractivity contribution < 1.29 is 33.3 Å². The number of methoxy groups -OCH3 is 2. The highest BCUT2D eigenvalue weighted by Crippen LogP contribution is 2.30. The number of allylic oxidation sites excluding steroid dienone is 2. The third-order valence-corrected chi connectivity index (χ3v) is 8.40. The fourth-order valence-corrected chi connectivity index (χ4v) is 6.00. The number of carbonyl (C=O) groups excluding carboxylic acids is 2. The fraction of sp³-hybridized carbons (Fsp3) is 0.714. The second-order valence-electron chi connectivity index (χ2n) is 11.7. The fourth-order valence-electron chi connectivity index (χ4n) is 6.00. The minimum atomic E-state index is -0.741. The van der Waals surface area contributed by atoms with Crippen LogP contribution in [0.3, 0.4) is 0 Å². The van der Waals surface area contributed by atoms with Gasteiger partial charge in [-0.3, -0.25) is 9.59 Å². The van der Waals surface area contributed by atoms with E-state index in [2.05, 4.69) is 12.2 Å². The van der Waals surface area contributed by atoms with Crippen molar-refractivity contribution in [1.29, 1.82) is 0 Å². The summed E-state index contributed by atoms with van der Waals surface area (Å²) in [5.74, 6) is -0.532. The van der Waals surface area contributed by atoms with E-state index >= 15 is 0 Å². The smallest absolute Gasteiger partial charge is 0.306 e. The second-order valence-corrected chi connectivity index (χ2v) is 11.7. The van der Waals surface area contributed by atoms with Crippen molar-refractivity contribution in [3.63, 3.8) is 0 Å². The van der Waals surface area contributed by atoms with Crippen LogP contribution in [0.2, 0.25) is 0 Å². The zero-order valence-corrected chi connectivity index (χ0v) is 26.0. The Morgan fingerprint density at radius 2 is 1.24 bits per heavy atom. The second kappa shape index (κ2) is 20.6. The average Bonchev–Trinajstić information content (AvgIpc) is 3.00. The maximum absolute atomic E-state index is 13.0. The first kappa shape index (κ1) is 34.3. The van der Waals surface area contributed by atoms with Gasteiger partial charge in [-0.05, 0) is 44.1 Å². The van der Waals surface area contributed by atoms with Crippen LogP contribution in [-0.4, -0.2) is 63.3 Å². The minimum absolute atomic E-state index is 0.00584. The monoisotopic (exact) mass is 586 g/mol. The largest absolute Gasteiger partial charge is 0.463 e. The molecule has 1 aromatic rings. The molecule has 5 atom stereocenters. The molecule has 1 fully saturated rings. The number of fused-ring (bicyclic) bond motifs is 1. The summed E-state index contributed by atoms with van der Waals surface area (Å²) in [5, 5.41) is 0. The standard InChI is InChI=1S/C35H54O7/c1-38-33-29(26-28-22-18-17-19-23-28)41-30-27-40-31(36)24-20-15-13-11-9-7-5-3-4-6-8-10-12-14-16-21-25-32(37)42-34(30)35(33)39-2/h3-4,17-19,22-23,29-30,33-35H,5-16,20-21,24-27H2,1-2H3/b4-3-/t29-,30-,33-,34-,35+/m0/s1. The SMILES string of the molecule is CO[C@@H]1[C@@H](OC)[C@H](Cc2ccccc2)O[C@H]2COC(=O)CCCCCCCC/C=C\CCCCCCCCC(=O)O[C@H]12. The highest BCUT2D eigenvalue weighted by Gasteiger charge is 2.49. The maximum Gasteiger partial charge on any atom is 0.306 e. The van der Waals surface area contributed by atoms with Gasteiger partial charge in [-0.25, -0.2) is 0 Å². The van der Waals surface area contributed by atoms with Crippen molar-refractivity contribution in [2.45, 2.75) is 140 Å². The van der Waals surface area contributed by atoms with Crippen molar-refractivity contribution >= 4 is 11.9 Å². The normalized spacial score (nSPS) is 29.6. The van der Waals surface area contributed by atoms with Gasteiger partial charge in [-0.2, -0.15) is 0 Å². The topological polar surface area (TPSA) is 80.3 Å². The number of rotatable bonds is 4. The van der Waals surface area contributed by atoms with Crippen LogP contribution in [0.25, 0.3) is 0 Å². The van der Waals surface area contributed by atoms with Crippen LogP contribution < -0.4 is 0 Å². The molecular weight excluding hydrogens is 532 g/mol. The number of cyclic esters (lactones) is 1. The first-order valence-corrected chi connectivity index (χ1v) is 16.4.